The maximum Gasteiger partial charge on any atom is 0.278 e. The van der Waals surface area contributed by atoms with Gasteiger partial charge in [0.15, 0.2) is 5.69 Å². The van der Waals surface area contributed by atoms with Crippen LogP contribution in [0.3, 0.4) is 0 Å². The van der Waals surface area contributed by atoms with E-state index in [9.17, 15) is 13.2 Å². The Hall–Kier alpha value is -3.01. The van der Waals surface area contributed by atoms with Crippen molar-refractivity contribution in [1.29, 1.82) is 0 Å². The number of amides is 1. The van der Waals surface area contributed by atoms with E-state index in [0.29, 0.717) is 11.4 Å². The van der Waals surface area contributed by atoms with Gasteiger partial charge in [-0.25, -0.2) is 13.4 Å². The van der Waals surface area contributed by atoms with Crippen LogP contribution in [-0.2, 0) is 21.3 Å². The number of sulfonamides is 1. The standard InChI is InChI=1S/C21H22N4O4S/c1-23(16-8-4-3-5-9-16)21(26)20-18-14-24(12-13-29-2)30(27,28)19-11-7-6-10-17(19)25(18)15-22-20/h3-11,15H,12-14H2,1-2H3. The molecule has 30 heavy (non-hydrogen) atoms. The highest BCUT2D eigenvalue weighted by atomic mass is 32.2. The molecule has 1 aliphatic heterocycles. The molecule has 0 radical (unpaired) electrons. The Morgan fingerprint density at radius 3 is 2.57 bits per heavy atom. The summed E-state index contributed by atoms with van der Waals surface area (Å²) in [6, 6.07) is 16.0. The number of hydrogen-bond donors (Lipinski definition) is 0. The van der Waals surface area contributed by atoms with Gasteiger partial charge in [-0.2, -0.15) is 4.31 Å². The molecule has 0 bridgehead atoms. The minimum Gasteiger partial charge on any atom is -0.383 e. The quantitative estimate of drug-likeness (QED) is 0.625. The van der Waals surface area contributed by atoms with Gasteiger partial charge in [-0.15, -0.1) is 0 Å². The number of benzene rings is 2. The summed E-state index contributed by atoms with van der Waals surface area (Å²) in [4.78, 5) is 19.3. The molecule has 0 spiro atoms. The molecule has 0 unspecified atom stereocenters. The number of methoxy groups -OCH3 is 1. The SMILES string of the molecule is COCCN1Cc2c(C(=O)N(C)c3ccccc3)ncn2-c2ccccc2S1(=O)=O. The number of para-hydroxylation sites is 2. The molecule has 0 fully saturated rings. The minimum absolute atomic E-state index is 0.0179. The summed E-state index contributed by atoms with van der Waals surface area (Å²) >= 11 is 0. The summed E-state index contributed by atoms with van der Waals surface area (Å²) in [7, 11) is -0.570. The topological polar surface area (TPSA) is 84.7 Å². The van der Waals surface area contributed by atoms with Crippen LogP contribution in [0.5, 0.6) is 0 Å². The zero-order valence-corrected chi connectivity index (χ0v) is 17.5. The lowest BCUT2D eigenvalue weighted by atomic mass is 10.2. The van der Waals surface area contributed by atoms with E-state index in [1.807, 2.05) is 30.3 Å². The van der Waals surface area contributed by atoms with E-state index in [1.54, 1.807) is 35.9 Å². The highest BCUT2D eigenvalue weighted by Gasteiger charge is 2.35. The molecule has 3 aromatic rings. The molecule has 4 rings (SSSR count). The van der Waals surface area contributed by atoms with Gasteiger partial charge in [0.25, 0.3) is 5.91 Å². The lowest BCUT2D eigenvalue weighted by Crippen LogP contribution is -2.34. The summed E-state index contributed by atoms with van der Waals surface area (Å²) in [5, 5.41) is 0. The Labute approximate surface area is 175 Å². The Morgan fingerprint density at radius 2 is 1.83 bits per heavy atom. The second-order valence-electron chi connectivity index (χ2n) is 6.91. The van der Waals surface area contributed by atoms with E-state index in [2.05, 4.69) is 4.98 Å². The van der Waals surface area contributed by atoms with E-state index in [0.717, 1.165) is 5.69 Å². The van der Waals surface area contributed by atoms with Gasteiger partial charge in [0, 0.05) is 26.4 Å². The number of aromatic nitrogens is 2. The van der Waals surface area contributed by atoms with E-state index in [4.69, 9.17) is 4.74 Å². The lowest BCUT2D eigenvalue weighted by Gasteiger charge is -2.21. The number of rotatable bonds is 5. The van der Waals surface area contributed by atoms with Crippen LogP contribution in [0.1, 0.15) is 16.2 Å². The predicted molar refractivity (Wildman–Crippen MR) is 112 cm³/mol. The highest BCUT2D eigenvalue weighted by molar-refractivity contribution is 7.89. The molecular formula is C21H22N4O4S. The predicted octanol–water partition coefficient (Wildman–Crippen LogP) is 2.30. The van der Waals surface area contributed by atoms with Crippen molar-refractivity contribution in [3.63, 3.8) is 0 Å². The first-order valence-corrected chi connectivity index (χ1v) is 10.9. The summed E-state index contributed by atoms with van der Waals surface area (Å²) in [5.74, 6) is -0.307. The van der Waals surface area contributed by atoms with Crippen molar-refractivity contribution >= 4 is 21.6 Å². The average Bonchev–Trinajstić information content (AvgIpc) is 3.15. The Morgan fingerprint density at radius 1 is 1.13 bits per heavy atom. The number of carbonyl (C=O) groups excluding carboxylic acids is 1. The van der Waals surface area contributed by atoms with Crippen LogP contribution in [0.2, 0.25) is 0 Å². The van der Waals surface area contributed by atoms with Crippen LogP contribution in [0.25, 0.3) is 5.69 Å². The molecule has 8 nitrogen and oxygen atoms in total. The molecule has 156 valence electrons. The van der Waals surface area contributed by atoms with Gasteiger partial charge >= 0.3 is 0 Å². The largest absolute Gasteiger partial charge is 0.383 e. The molecule has 0 atom stereocenters. The Kier molecular flexibility index (Phi) is 5.42. The molecule has 1 aromatic heterocycles. The maximum absolute atomic E-state index is 13.3. The molecule has 0 saturated heterocycles. The Bertz CT molecular complexity index is 1170. The first-order chi connectivity index (χ1) is 14.4. The molecular weight excluding hydrogens is 404 g/mol. The number of carbonyl (C=O) groups is 1. The van der Waals surface area contributed by atoms with Crippen molar-refractivity contribution in [3.05, 3.63) is 72.3 Å². The van der Waals surface area contributed by atoms with E-state index >= 15 is 0 Å². The van der Waals surface area contributed by atoms with E-state index in [1.165, 1.54) is 22.6 Å². The molecule has 1 aliphatic rings. The van der Waals surface area contributed by atoms with Gasteiger partial charge in [0.2, 0.25) is 10.0 Å². The second-order valence-corrected chi connectivity index (χ2v) is 8.82. The third kappa shape index (κ3) is 3.41. The van der Waals surface area contributed by atoms with Crippen molar-refractivity contribution in [2.75, 3.05) is 32.2 Å². The summed E-state index contributed by atoms with van der Waals surface area (Å²) in [6.45, 7) is 0.424. The van der Waals surface area contributed by atoms with Crippen LogP contribution >= 0.6 is 0 Å². The smallest absolute Gasteiger partial charge is 0.278 e. The zero-order chi connectivity index (χ0) is 21.3. The molecule has 0 aliphatic carbocycles. The summed E-state index contributed by atoms with van der Waals surface area (Å²) < 4.78 is 34.7. The van der Waals surface area contributed by atoms with Crippen molar-refractivity contribution in [2.24, 2.45) is 0 Å². The van der Waals surface area contributed by atoms with Crippen molar-refractivity contribution in [1.82, 2.24) is 13.9 Å². The molecule has 0 saturated carbocycles. The summed E-state index contributed by atoms with van der Waals surface area (Å²) in [5.41, 5.74) is 1.94. The average molecular weight is 426 g/mol. The molecule has 1 amide bonds. The fraction of sp³-hybridized carbons (Fsp3) is 0.238. The van der Waals surface area contributed by atoms with Gasteiger partial charge < -0.3 is 9.64 Å². The zero-order valence-electron chi connectivity index (χ0n) is 16.7. The van der Waals surface area contributed by atoms with Crippen molar-refractivity contribution < 1.29 is 17.9 Å². The van der Waals surface area contributed by atoms with Gasteiger partial charge in [-0.3, -0.25) is 9.36 Å². The van der Waals surface area contributed by atoms with E-state index < -0.39 is 10.0 Å². The van der Waals surface area contributed by atoms with Crippen LogP contribution in [0.15, 0.2) is 65.8 Å². The van der Waals surface area contributed by atoms with Crippen LogP contribution < -0.4 is 4.90 Å². The minimum atomic E-state index is -3.76. The van der Waals surface area contributed by atoms with E-state index in [-0.39, 0.29) is 36.2 Å². The first kappa shape index (κ1) is 20.3. The number of fused-ring (bicyclic) bond motifs is 3. The van der Waals surface area contributed by atoms with Gasteiger partial charge in [-0.1, -0.05) is 30.3 Å². The second kappa shape index (κ2) is 8.02. The van der Waals surface area contributed by atoms with Crippen LogP contribution in [0, 0.1) is 0 Å². The third-order valence-corrected chi connectivity index (χ3v) is 7.02. The number of anilines is 1. The number of ether oxygens (including phenoxy) is 1. The summed E-state index contributed by atoms with van der Waals surface area (Å²) in [6.07, 6.45) is 1.51. The highest BCUT2D eigenvalue weighted by Crippen LogP contribution is 2.31. The lowest BCUT2D eigenvalue weighted by molar-refractivity contribution is 0.0987. The normalized spacial score (nSPS) is 15.1. The number of nitrogens with zero attached hydrogens (tertiary/aromatic N) is 4. The third-order valence-electron chi connectivity index (χ3n) is 5.13. The monoisotopic (exact) mass is 426 g/mol. The number of imidazole rings is 1. The van der Waals surface area contributed by atoms with Crippen molar-refractivity contribution in [2.45, 2.75) is 11.4 Å². The van der Waals surface area contributed by atoms with Crippen LogP contribution in [0.4, 0.5) is 5.69 Å². The fourth-order valence-corrected chi connectivity index (χ4v) is 5.06. The van der Waals surface area contributed by atoms with Crippen LogP contribution in [-0.4, -0.2) is 55.5 Å². The molecule has 2 aromatic carbocycles. The molecule has 2 heterocycles. The fourth-order valence-electron chi connectivity index (χ4n) is 3.50. The van der Waals surface area contributed by atoms with Gasteiger partial charge in [0.1, 0.15) is 11.2 Å². The van der Waals surface area contributed by atoms with Gasteiger partial charge in [-0.05, 0) is 24.3 Å². The molecule has 9 heteroatoms. The maximum atomic E-state index is 13.3. The van der Waals surface area contributed by atoms with Crippen molar-refractivity contribution in [3.8, 4) is 5.69 Å². The Balaban J connectivity index is 1.83. The number of hydrogen-bond acceptors (Lipinski definition) is 5. The van der Waals surface area contributed by atoms with Gasteiger partial charge in [0.05, 0.1) is 24.5 Å². The first-order valence-electron chi connectivity index (χ1n) is 9.43. The molecule has 0 N–H and O–H groups in total.